The van der Waals surface area contributed by atoms with Crippen molar-refractivity contribution in [2.45, 2.75) is 32.6 Å². The Hall–Kier alpha value is -2.35. The molecule has 7 nitrogen and oxygen atoms in total. The molecule has 1 aliphatic heterocycles. The minimum atomic E-state index is -0.847. The van der Waals surface area contributed by atoms with Crippen molar-refractivity contribution in [3.8, 4) is 5.75 Å². The SMILES string of the molecule is CC(=O)NC1=NN(C(C)=O)[C@](C)(c2cccc(OC(C)=O)c2)S1. The Labute approximate surface area is 138 Å². The molecule has 0 fully saturated rings. The predicted octanol–water partition coefficient (Wildman–Crippen LogP) is 1.79. The number of hydrogen-bond acceptors (Lipinski definition) is 6. The van der Waals surface area contributed by atoms with Gasteiger partial charge in [-0.2, -0.15) is 0 Å². The Kier molecular flexibility index (Phi) is 4.74. The largest absolute Gasteiger partial charge is 0.427 e. The van der Waals surface area contributed by atoms with E-state index in [1.807, 2.05) is 13.0 Å². The average molecular weight is 335 g/mol. The summed E-state index contributed by atoms with van der Waals surface area (Å²) in [7, 11) is 0. The molecular formula is C15H17N3O4S. The van der Waals surface area contributed by atoms with Crippen molar-refractivity contribution in [1.29, 1.82) is 0 Å². The second-order valence-corrected chi connectivity index (χ2v) is 6.51. The first kappa shape index (κ1) is 17.0. The van der Waals surface area contributed by atoms with Gasteiger partial charge >= 0.3 is 5.97 Å². The highest BCUT2D eigenvalue weighted by molar-refractivity contribution is 8.14. The van der Waals surface area contributed by atoms with Gasteiger partial charge in [0, 0.05) is 20.8 Å². The Balaban J connectivity index is 2.38. The fourth-order valence-electron chi connectivity index (χ4n) is 2.21. The van der Waals surface area contributed by atoms with Gasteiger partial charge in [0.15, 0.2) is 5.17 Å². The normalized spacial score (nSPS) is 20.0. The summed E-state index contributed by atoms with van der Waals surface area (Å²) in [6, 6.07) is 6.87. The minimum absolute atomic E-state index is 0.266. The Bertz CT molecular complexity index is 704. The van der Waals surface area contributed by atoms with Crippen LogP contribution in [0.15, 0.2) is 29.4 Å². The average Bonchev–Trinajstić information content (AvgIpc) is 2.76. The number of hydrazone groups is 1. The highest BCUT2D eigenvalue weighted by Gasteiger charge is 2.44. The number of carbonyl (C=O) groups excluding carboxylic acids is 3. The van der Waals surface area contributed by atoms with Crippen LogP contribution in [0, 0.1) is 0 Å². The lowest BCUT2D eigenvalue weighted by Gasteiger charge is -2.31. The predicted molar refractivity (Wildman–Crippen MR) is 86.5 cm³/mol. The lowest BCUT2D eigenvalue weighted by Crippen LogP contribution is -2.37. The van der Waals surface area contributed by atoms with Crippen LogP contribution >= 0.6 is 11.8 Å². The maximum Gasteiger partial charge on any atom is 0.308 e. The molecule has 8 heteroatoms. The van der Waals surface area contributed by atoms with Crippen molar-refractivity contribution in [3.05, 3.63) is 29.8 Å². The third-order valence-corrected chi connectivity index (χ3v) is 4.29. The van der Waals surface area contributed by atoms with Gasteiger partial charge in [-0.25, -0.2) is 5.01 Å². The summed E-state index contributed by atoms with van der Waals surface area (Å²) < 4.78 is 5.09. The molecule has 1 aromatic carbocycles. The van der Waals surface area contributed by atoms with Crippen LogP contribution in [0.3, 0.4) is 0 Å². The summed E-state index contributed by atoms with van der Waals surface area (Å²) >= 11 is 1.24. The van der Waals surface area contributed by atoms with E-state index in [0.717, 1.165) is 5.56 Å². The molecule has 0 radical (unpaired) electrons. The second-order valence-electron chi connectivity index (χ2n) is 5.12. The molecule has 122 valence electrons. The van der Waals surface area contributed by atoms with E-state index >= 15 is 0 Å². The summed E-state index contributed by atoms with van der Waals surface area (Å²) in [4.78, 5) is 33.4. The lowest BCUT2D eigenvalue weighted by molar-refractivity contribution is -0.133. The molecule has 1 heterocycles. The van der Waals surface area contributed by atoms with Crippen molar-refractivity contribution in [1.82, 2.24) is 10.3 Å². The smallest absolute Gasteiger partial charge is 0.308 e. The van der Waals surface area contributed by atoms with Gasteiger partial charge in [0.1, 0.15) is 10.6 Å². The standard InChI is InChI=1S/C15H17N3O4S/c1-9(19)16-14-17-18(10(2)20)15(4,23-14)12-6-5-7-13(8-12)22-11(3)21/h5-8H,1-4H3,(H,16,17,19)/t15-/m0/s1. The monoisotopic (exact) mass is 335 g/mol. The first-order valence-corrected chi connectivity index (χ1v) is 7.69. The van der Waals surface area contributed by atoms with Gasteiger partial charge in [-0.3, -0.25) is 14.4 Å². The van der Waals surface area contributed by atoms with Crippen LogP contribution in [0.25, 0.3) is 0 Å². The summed E-state index contributed by atoms with van der Waals surface area (Å²) in [5.41, 5.74) is 0.723. The molecule has 0 unspecified atom stereocenters. The summed E-state index contributed by atoms with van der Waals surface area (Å²) in [5, 5.41) is 8.41. The first-order chi connectivity index (χ1) is 10.7. The number of esters is 1. The Morgan fingerprint density at radius 1 is 1.26 bits per heavy atom. The summed E-state index contributed by atoms with van der Waals surface area (Å²) in [6.45, 7) is 5.90. The zero-order chi connectivity index (χ0) is 17.2. The Morgan fingerprint density at radius 3 is 2.52 bits per heavy atom. The fraction of sp³-hybridized carbons (Fsp3) is 0.333. The molecule has 1 aliphatic rings. The third kappa shape index (κ3) is 3.70. The van der Waals surface area contributed by atoms with E-state index in [2.05, 4.69) is 10.4 Å². The number of benzene rings is 1. The maximum atomic E-state index is 11.9. The topological polar surface area (TPSA) is 88.1 Å². The van der Waals surface area contributed by atoms with E-state index in [1.165, 1.54) is 37.5 Å². The van der Waals surface area contributed by atoms with E-state index in [9.17, 15) is 14.4 Å². The maximum absolute atomic E-state index is 11.9. The van der Waals surface area contributed by atoms with Crippen LogP contribution in [-0.2, 0) is 19.3 Å². The third-order valence-electron chi connectivity index (χ3n) is 3.10. The number of nitrogens with one attached hydrogen (secondary N) is 1. The van der Waals surface area contributed by atoms with Crippen LogP contribution < -0.4 is 10.1 Å². The minimum Gasteiger partial charge on any atom is -0.427 e. The molecule has 2 rings (SSSR count). The number of rotatable bonds is 2. The lowest BCUT2D eigenvalue weighted by atomic mass is 10.1. The quantitative estimate of drug-likeness (QED) is 0.657. The molecule has 0 aromatic heterocycles. The molecule has 1 N–H and O–H groups in total. The zero-order valence-corrected chi connectivity index (χ0v) is 14.1. The van der Waals surface area contributed by atoms with Crippen molar-refractivity contribution in [3.63, 3.8) is 0 Å². The van der Waals surface area contributed by atoms with Crippen molar-refractivity contribution < 1.29 is 19.1 Å². The number of carbonyl (C=O) groups is 3. The van der Waals surface area contributed by atoms with E-state index in [1.54, 1.807) is 18.2 Å². The van der Waals surface area contributed by atoms with Gasteiger partial charge in [-0.15, -0.1) is 5.10 Å². The number of thioether (sulfide) groups is 1. The molecule has 0 spiro atoms. The molecule has 1 aromatic rings. The summed E-state index contributed by atoms with van der Waals surface area (Å²) in [6.07, 6.45) is 0. The number of amidine groups is 1. The van der Waals surface area contributed by atoms with Gasteiger partial charge in [0.05, 0.1) is 0 Å². The fourth-order valence-corrected chi connectivity index (χ4v) is 3.40. The zero-order valence-electron chi connectivity index (χ0n) is 13.2. The number of ether oxygens (including phenoxy) is 1. The molecule has 0 aliphatic carbocycles. The van der Waals surface area contributed by atoms with Gasteiger partial charge in [0.2, 0.25) is 11.8 Å². The van der Waals surface area contributed by atoms with Crippen molar-refractivity contribution in [2.24, 2.45) is 5.10 Å². The Morgan fingerprint density at radius 2 is 1.96 bits per heavy atom. The van der Waals surface area contributed by atoms with Crippen LogP contribution in [-0.4, -0.2) is 28.0 Å². The highest BCUT2D eigenvalue weighted by atomic mass is 32.2. The molecule has 2 amide bonds. The molecular weight excluding hydrogens is 318 g/mol. The second kappa shape index (κ2) is 6.41. The van der Waals surface area contributed by atoms with Crippen LogP contribution in [0.2, 0.25) is 0 Å². The van der Waals surface area contributed by atoms with Gasteiger partial charge in [-0.05, 0) is 24.6 Å². The molecule has 23 heavy (non-hydrogen) atoms. The molecule has 0 saturated heterocycles. The number of hydrogen-bond donors (Lipinski definition) is 1. The number of amides is 2. The van der Waals surface area contributed by atoms with Crippen LogP contribution in [0.4, 0.5) is 0 Å². The highest BCUT2D eigenvalue weighted by Crippen LogP contribution is 2.45. The van der Waals surface area contributed by atoms with Gasteiger partial charge in [-0.1, -0.05) is 23.9 Å². The van der Waals surface area contributed by atoms with Crippen molar-refractivity contribution >= 4 is 34.7 Å². The van der Waals surface area contributed by atoms with Crippen molar-refractivity contribution in [2.75, 3.05) is 0 Å². The van der Waals surface area contributed by atoms with Crippen LogP contribution in [0.5, 0.6) is 5.75 Å². The van der Waals surface area contributed by atoms with Crippen LogP contribution in [0.1, 0.15) is 33.3 Å². The first-order valence-electron chi connectivity index (χ1n) is 6.87. The summed E-state index contributed by atoms with van der Waals surface area (Å²) in [5.74, 6) is -0.575. The van der Waals surface area contributed by atoms with E-state index in [-0.39, 0.29) is 11.8 Å². The number of nitrogens with zero attached hydrogens (tertiary/aromatic N) is 2. The van der Waals surface area contributed by atoms with Gasteiger partial charge in [0.25, 0.3) is 0 Å². The molecule has 0 saturated carbocycles. The van der Waals surface area contributed by atoms with E-state index in [0.29, 0.717) is 10.9 Å². The van der Waals surface area contributed by atoms with E-state index in [4.69, 9.17) is 4.74 Å². The molecule has 1 atom stereocenters. The molecule has 0 bridgehead atoms. The van der Waals surface area contributed by atoms with E-state index < -0.39 is 10.8 Å². The van der Waals surface area contributed by atoms with Gasteiger partial charge < -0.3 is 10.1 Å².